The third kappa shape index (κ3) is 6.10. The van der Waals surface area contributed by atoms with Crippen LogP contribution in [0.15, 0.2) is 78.9 Å². The Hall–Kier alpha value is -3.80. The van der Waals surface area contributed by atoms with E-state index < -0.39 is 12.1 Å². The molecule has 0 aliphatic carbocycles. The van der Waals surface area contributed by atoms with Crippen molar-refractivity contribution in [2.75, 3.05) is 7.11 Å². The van der Waals surface area contributed by atoms with Gasteiger partial charge in [-0.25, -0.2) is 9.59 Å². The lowest BCUT2D eigenvalue weighted by Gasteiger charge is -2.13. The van der Waals surface area contributed by atoms with Gasteiger partial charge in [0.25, 0.3) is 0 Å². The molecular formula is C24H23NO5. The fourth-order valence-corrected chi connectivity index (χ4v) is 2.76. The smallest absolute Gasteiger partial charge is 0.407 e. The van der Waals surface area contributed by atoms with E-state index in [4.69, 9.17) is 14.2 Å². The minimum Gasteiger partial charge on any atom is -0.488 e. The second-order valence-corrected chi connectivity index (χ2v) is 6.51. The maximum atomic E-state index is 12.1. The van der Waals surface area contributed by atoms with Crippen molar-refractivity contribution in [2.45, 2.75) is 19.8 Å². The molecule has 0 aliphatic heterocycles. The molecule has 154 valence electrons. The number of amides is 1. The van der Waals surface area contributed by atoms with Crippen LogP contribution in [-0.2, 0) is 29.2 Å². The molecule has 0 aromatic heterocycles. The summed E-state index contributed by atoms with van der Waals surface area (Å²) < 4.78 is 15.9. The summed E-state index contributed by atoms with van der Waals surface area (Å²) in [6.45, 7) is 0.733. The zero-order valence-electron chi connectivity index (χ0n) is 16.7. The number of nitrogens with one attached hydrogen (secondary N) is 1. The van der Waals surface area contributed by atoms with Gasteiger partial charge in [-0.15, -0.1) is 0 Å². The lowest BCUT2D eigenvalue weighted by molar-refractivity contribution is 0.0595. The zero-order chi connectivity index (χ0) is 21.2. The monoisotopic (exact) mass is 405 g/mol. The highest BCUT2D eigenvalue weighted by Gasteiger charge is 2.14. The normalized spacial score (nSPS) is 10.2. The van der Waals surface area contributed by atoms with Crippen LogP contribution in [-0.4, -0.2) is 19.2 Å². The Kier molecular flexibility index (Phi) is 7.44. The van der Waals surface area contributed by atoms with Crippen LogP contribution in [0.4, 0.5) is 4.79 Å². The van der Waals surface area contributed by atoms with E-state index in [1.165, 1.54) is 7.11 Å². The first-order valence-corrected chi connectivity index (χ1v) is 9.48. The Morgan fingerprint density at radius 3 is 2.07 bits per heavy atom. The Labute approximate surface area is 175 Å². The van der Waals surface area contributed by atoms with Crippen LogP contribution in [0, 0.1) is 0 Å². The van der Waals surface area contributed by atoms with Gasteiger partial charge in [-0.2, -0.15) is 0 Å². The van der Waals surface area contributed by atoms with Crippen molar-refractivity contribution >= 4 is 12.1 Å². The van der Waals surface area contributed by atoms with Gasteiger partial charge in [-0.05, 0) is 28.8 Å². The average molecular weight is 405 g/mol. The molecule has 0 bridgehead atoms. The molecule has 1 amide bonds. The van der Waals surface area contributed by atoms with Crippen LogP contribution >= 0.6 is 0 Å². The number of carbonyl (C=O) groups is 2. The highest BCUT2D eigenvalue weighted by molar-refractivity contribution is 5.92. The van der Waals surface area contributed by atoms with Gasteiger partial charge in [0.1, 0.15) is 24.5 Å². The molecule has 0 saturated heterocycles. The number of hydrogen-bond acceptors (Lipinski definition) is 5. The largest absolute Gasteiger partial charge is 0.488 e. The molecule has 0 heterocycles. The Morgan fingerprint density at radius 1 is 0.800 bits per heavy atom. The van der Waals surface area contributed by atoms with Crippen molar-refractivity contribution in [3.63, 3.8) is 0 Å². The van der Waals surface area contributed by atoms with Crippen LogP contribution in [0.5, 0.6) is 5.75 Å². The number of methoxy groups -OCH3 is 1. The lowest BCUT2D eigenvalue weighted by atomic mass is 10.1. The molecule has 0 atom stereocenters. The third-order valence-corrected chi connectivity index (χ3v) is 4.34. The van der Waals surface area contributed by atoms with Gasteiger partial charge in [-0.3, -0.25) is 0 Å². The summed E-state index contributed by atoms with van der Waals surface area (Å²) in [7, 11) is 1.32. The molecule has 0 radical (unpaired) electrons. The van der Waals surface area contributed by atoms with E-state index in [-0.39, 0.29) is 13.2 Å². The van der Waals surface area contributed by atoms with E-state index in [1.807, 2.05) is 60.7 Å². The second-order valence-electron chi connectivity index (χ2n) is 6.51. The molecule has 30 heavy (non-hydrogen) atoms. The molecule has 0 fully saturated rings. The van der Waals surface area contributed by atoms with Crippen molar-refractivity contribution in [1.29, 1.82) is 0 Å². The fraction of sp³-hybridized carbons (Fsp3) is 0.167. The molecule has 3 rings (SSSR count). The minimum absolute atomic E-state index is 0.194. The number of ether oxygens (including phenoxy) is 3. The van der Waals surface area contributed by atoms with E-state index in [0.29, 0.717) is 17.9 Å². The lowest BCUT2D eigenvalue weighted by Crippen LogP contribution is -2.23. The summed E-state index contributed by atoms with van der Waals surface area (Å²) in [6, 6.07) is 24.1. The molecule has 6 heteroatoms. The van der Waals surface area contributed by atoms with Gasteiger partial charge < -0.3 is 19.5 Å². The Bertz CT molecular complexity index is 973. The number of carbonyl (C=O) groups excluding carboxylic acids is 2. The standard InChI is InChI=1S/C24H23NO5/c1-28-23(26)21-13-12-20(14-22(21)29-16-18-8-4-2-5-9-18)15-25-24(27)30-17-19-10-6-3-7-11-19/h2-14H,15-17H2,1H3,(H,25,27). The predicted octanol–water partition coefficient (Wildman–Crippen LogP) is 4.48. The SMILES string of the molecule is COC(=O)c1ccc(CNC(=O)OCc2ccccc2)cc1OCc1ccccc1. The van der Waals surface area contributed by atoms with Crippen molar-refractivity contribution < 1.29 is 23.8 Å². The van der Waals surface area contributed by atoms with Gasteiger partial charge in [0.05, 0.1) is 7.11 Å². The molecule has 3 aromatic carbocycles. The number of rotatable bonds is 8. The van der Waals surface area contributed by atoms with Gasteiger partial charge in [0, 0.05) is 6.54 Å². The number of benzene rings is 3. The highest BCUT2D eigenvalue weighted by atomic mass is 16.5. The highest BCUT2D eigenvalue weighted by Crippen LogP contribution is 2.23. The van der Waals surface area contributed by atoms with Gasteiger partial charge >= 0.3 is 12.1 Å². The first kappa shape index (κ1) is 20.9. The molecule has 0 saturated carbocycles. The van der Waals surface area contributed by atoms with Crippen molar-refractivity contribution in [1.82, 2.24) is 5.32 Å². The first-order valence-electron chi connectivity index (χ1n) is 9.48. The molecule has 6 nitrogen and oxygen atoms in total. The summed E-state index contributed by atoms with van der Waals surface area (Å²) in [6.07, 6.45) is -0.525. The topological polar surface area (TPSA) is 73.9 Å². The van der Waals surface area contributed by atoms with Crippen molar-refractivity contribution in [2.24, 2.45) is 0 Å². The van der Waals surface area contributed by atoms with E-state index in [1.54, 1.807) is 18.2 Å². The Morgan fingerprint density at radius 2 is 1.43 bits per heavy atom. The summed E-state index contributed by atoms with van der Waals surface area (Å²) >= 11 is 0. The molecule has 3 aromatic rings. The summed E-state index contributed by atoms with van der Waals surface area (Å²) in [4.78, 5) is 24.0. The Balaban J connectivity index is 1.61. The van der Waals surface area contributed by atoms with E-state index >= 15 is 0 Å². The minimum atomic E-state index is -0.525. The summed E-state index contributed by atoms with van der Waals surface area (Å²) in [5, 5.41) is 2.70. The number of alkyl carbamates (subject to hydrolysis) is 1. The van der Waals surface area contributed by atoms with Crippen molar-refractivity contribution in [3.8, 4) is 5.75 Å². The molecule has 0 unspecified atom stereocenters. The summed E-state index contributed by atoms with van der Waals surface area (Å²) in [5.41, 5.74) is 2.97. The van der Waals surface area contributed by atoms with E-state index in [9.17, 15) is 9.59 Å². The average Bonchev–Trinajstić information content (AvgIpc) is 2.81. The van der Waals surface area contributed by atoms with Crippen molar-refractivity contribution in [3.05, 3.63) is 101 Å². The predicted molar refractivity (Wildman–Crippen MR) is 112 cm³/mol. The molecule has 0 spiro atoms. The summed E-state index contributed by atoms with van der Waals surface area (Å²) in [5.74, 6) is -0.0949. The van der Waals surface area contributed by atoms with Gasteiger partial charge in [0.15, 0.2) is 0 Å². The van der Waals surface area contributed by atoms with E-state index in [0.717, 1.165) is 16.7 Å². The maximum absolute atomic E-state index is 12.1. The van der Waals surface area contributed by atoms with Crippen LogP contribution in [0.3, 0.4) is 0 Å². The maximum Gasteiger partial charge on any atom is 0.407 e. The quantitative estimate of drug-likeness (QED) is 0.560. The molecular weight excluding hydrogens is 382 g/mol. The zero-order valence-corrected chi connectivity index (χ0v) is 16.7. The van der Waals surface area contributed by atoms with E-state index in [2.05, 4.69) is 5.32 Å². The second kappa shape index (κ2) is 10.7. The van der Waals surface area contributed by atoms with Gasteiger partial charge in [-0.1, -0.05) is 66.7 Å². The van der Waals surface area contributed by atoms with Crippen LogP contribution in [0.25, 0.3) is 0 Å². The van der Waals surface area contributed by atoms with Gasteiger partial charge in [0.2, 0.25) is 0 Å². The number of hydrogen-bond donors (Lipinski definition) is 1. The molecule has 1 N–H and O–H groups in total. The third-order valence-electron chi connectivity index (χ3n) is 4.34. The van der Waals surface area contributed by atoms with Crippen LogP contribution in [0.2, 0.25) is 0 Å². The molecule has 0 aliphatic rings. The van der Waals surface area contributed by atoms with Crippen LogP contribution in [0.1, 0.15) is 27.0 Å². The first-order chi connectivity index (χ1) is 14.7. The fourth-order valence-electron chi connectivity index (χ4n) is 2.76. The van der Waals surface area contributed by atoms with Crippen LogP contribution < -0.4 is 10.1 Å². The number of esters is 1.